The molecular weight excluding hydrogens is 465 g/mol. The number of aryl methyl sites for hydroxylation is 1. The van der Waals surface area contributed by atoms with Gasteiger partial charge in [0, 0.05) is 41.1 Å². The fourth-order valence-corrected chi connectivity index (χ4v) is 4.43. The third-order valence-electron chi connectivity index (χ3n) is 5.55. The molecule has 182 valence electrons. The van der Waals surface area contributed by atoms with Crippen LogP contribution in [0.3, 0.4) is 0 Å². The second-order valence-corrected chi connectivity index (χ2v) is 9.32. The topological polar surface area (TPSA) is 91.9 Å². The lowest BCUT2D eigenvalue weighted by molar-refractivity contribution is 0.0951. The van der Waals surface area contributed by atoms with Crippen LogP contribution in [0.1, 0.15) is 35.1 Å². The summed E-state index contributed by atoms with van der Waals surface area (Å²) in [7, 11) is 1.64. The minimum Gasteiger partial charge on any atom is -0.496 e. The summed E-state index contributed by atoms with van der Waals surface area (Å²) in [6, 6.07) is 11.4. The van der Waals surface area contributed by atoms with Crippen molar-refractivity contribution in [1.82, 2.24) is 20.3 Å². The van der Waals surface area contributed by atoms with Gasteiger partial charge in [0.15, 0.2) is 5.13 Å². The third-order valence-corrected chi connectivity index (χ3v) is 6.36. The number of rotatable bonds is 10. The zero-order valence-corrected chi connectivity index (χ0v) is 20.7. The average molecular weight is 494 g/mol. The molecule has 0 saturated heterocycles. The minimum absolute atomic E-state index is 0.194. The molecule has 0 saturated carbocycles. The molecule has 0 spiro atoms. The molecule has 1 amide bonds. The summed E-state index contributed by atoms with van der Waals surface area (Å²) >= 11 is 1.55. The van der Waals surface area contributed by atoms with Crippen LogP contribution in [0.2, 0.25) is 0 Å². The number of carbonyl (C=O) groups is 1. The number of nitrogens with one attached hydrogen (secondary N) is 3. The molecule has 0 radical (unpaired) electrons. The van der Waals surface area contributed by atoms with Gasteiger partial charge in [-0.1, -0.05) is 6.92 Å². The van der Waals surface area contributed by atoms with Crippen molar-refractivity contribution in [3.63, 3.8) is 0 Å². The van der Waals surface area contributed by atoms with E-state index < -0.39 is 0 Å². The van der Waals surface area contributed by atoms with Crippen LogP contribution in [0.5, 0.6) is 5.75 Å². The molecule has 7 nitrogen and oxygen atoms in total. The summed E-state index contributed by atoms with van der Waals surface area (Å²) in [6.07, 6.45) is 3.42. The number of imidazole rings is 1. The first-order chi connectivity index (χ1) is 16.9. The standard InChI is InChI=1S/C26H28FN5O2S/c1-16(10-11-28-25(33)18-4-6-19(27)7-5-18)12-21-15-35-26(32-21)31-20-8-9-22(23(13-20)34-3)24-29-14-17(2)30-24/h4-9,13-16H,10-12H2,1-3H3,(H,28,33)(H,29,30)(H,31,32)/t16-/m0/s1. The van der Waals surface area contributed by atoms with Crippen molar-refractivity contribution in [1.29, 1.82) is 0 Å². The molecule has 1 atom stereocenters. The number of aromatic amines is 1. The maximum atomic E-state index is 13.0. The molecule has 0 bridgehead atoms. The number of hydrogen-bond donors (Lipinski definition) is 3. The van der Waals surface area contributed by atoms with Crippen molar-refractivity contribution in [2.75, 3.05) is 19.0 Å². The van der Waals surface area contributed by atoms with E-state index in [-0.39, 0.29) is 11.7 Å². The average Bonchev–Trinajstić information content (AvgIpc) is 3.47. The van der Waals surface area contributed by atoms with Gasteiger partial charge in [-0.05, 0) is 62.1 Å². The Balaban J connectivity index is 1.28. The number of thiazole rings is 1. The van der Waals surface area contributed by atoms with E-state index in [2.05, 4.69) is 27.5 Å². The van der Waals surface area contributed by atoms with E-state index in [1.807, 2.05) is 30.5 Å². The Morgan fingerprint density at radius 3 is 2.74 bits per heavy atom. The molecular formula is C26H28FN5O2S. The van der Waals surface area contributed by atoms with Crippen LogP contribution in [0, 0.1) is 18.7 Å². The summed E-state index contributed by atoms with van der Waals surface area (Å²) < 4.78 is 18.6. The van der Waals surface area contributed by atoms with E-state index in [4.69, 9.17) is 9.72 Å². The fourth-order valence-electron chi connectivity index (χ4n) is 3.69. The van der Waals surface area contributed by atoms with Crippen LogP contribution in [0.25, 0.3) is 11.4 Å². The van der Waals surface area contributed by atoms with Crippen LogP contribution >= 0.6 is 11.3 Å². The number of ether oxygens (including phenoxy) is 1. The van der Waals surface area contributed by atoms with Gasteiger partial charge in [0.25, 0.3) is 5.91 Å². The second-order valence-electron chi connectivity index (χ2n) is 8.46. The van der Waals surface area contributed by atoms with Gasteiger partial charge in [0.05, 0.1) is 18.4 Å². The van der Waals surface area contributed by atoms with Crippen molar-refractivity contribution in [3.8, 4) is 17.1 Å². The Morgan fingerprint density at radius 2 is 2.03 bits per heavy atom. The van der Waals surface area contributed by atoms with Crippen molar-refractivity contribution < 1.29 is 13.9 Å². The van der Waals surface area contributed by atoms with Crippen LogP contribution in [-0.4, -0.2) is 34.5 Å². The Hall–Kier alpha value is -3.72. The molecule has 2 heterocycles. The highest BCUT2D eigenvalue weighted by Gasteiger charge is 2.13. The third kappa shape index (κ3) is 6.45. The van der Waals surface area contributed by atoms with Crippen LogP contribution in [0.4, 0.5) is 15.2 Å². The molecule has 0 aliphatic carbocycles. The van der Waals surface area contributed by atoms with Gasteiger partial charge in [0.2, 0.25) is 0 Å². The van der Waals surface area contributed by atoms with Gasteiger partial charge >= 0.3 is 0 Å². The number of aromatic nitrogens is 3. The Morgan fingerprint density at radius 1 is 1.23 bits per heavy atom. The van der Waals surface area contributed by atoms with Gasteiger partial charge in [-0.15, -0.1) is 11.3 Å². The van der Waals surface area contributed by atoms with E-state index in [1.165, 1.54) is 24.3 Å². The summed E-state index contributed by atoms with van der Waals surface area (Å²) in [6.45, 7) is 4.65. The number of anilines is 2. The quantitative estimate of drug-likeness (QED) is 0.262. The number of methoxy groups -OCH3 is 1. The summed E-state index contributed by atoms with van der Waals surface area (Å²) in [5, 5.41) is 9.10. The molecule has 9 heteroatoms. The highest BCUT2D eigenvalue weighted by atomic mass is 32.1. The molecule has 0 aliphatic rings. The predicted molar refractivity (Wildman–Crippen MR) is 137 cm³/mol. The zero-order valence-electron chi connectivity index (χ0n) is 19.9. The number of nitrogens with zero attached hydrogens (tertiary/aromatic N) is 2. The van der Waals surface area contributed by atoms with Crippen LogP contribution in [-0.2, 0) is 6.42 Å². The number of H-pyrrole nitrogens is 1. The second kappa shape index (κ2) is 11.1. The molecule has 2 aromatic carbocycles. The van der Waals surface area contributed by atoms with Crippen molar-refractivity contribution in [2.45, 2.75) is 26.7 Å². The fraction of sp³-hybridized carbons (Fsp3) is 0.269. The van der Waals surface area contributed by atoms with Crippen molar-refractivity contribution in [2.24, 2.45) is 5.92 Å². The largest absolute Gasteiger partial charge is 0.496 e. The van der Waals surface area contributed by atoms with Gasteiger partial charge in [0.1, 0.15) is 17.4 Å². The summed E-state index contributed by atoms with van der Waals surface area (Å²) in [5.41, 5.74) is 4.23. The monoisotopic (exact) mass is 493 g/mol. The first-order valence-corrected chi connectivity index (χ1v) is 12.2. The van der Waals surface area contributed by atoms with Crippen LogP contribution < -0.4 is 15.4 Å². The number of carbonyl (C=O) groups excluding carboxylic acids is 1. The molecule has 4 aromatic rings. The minimum atomic E-state index is -0.354. The van der Waals surface area contributed by atoms with Gasteiger partial charge < -0.3 is 20.4 Å². The van der Waals surface area contributed by atoms with Crippen molar-refractivity contribution in [3.05, 3.63) is 76.8 Å². The molecule has 3 N–H and O–H groups in total. The zero-order chi connectivity index (χ0) is 24.8. The van der Waals surface area contributed by atoms with Gasteiger partial charge in [-0.3, -0.25) is 4.79 Å². The molecule has 4 rings (SSSR count). The van der Waals surface area contributed by atoms with Gasteiger partial charge in [-0.25, -0.2) is 14.4 Å². The summed E-state index contributed by atoms with van der Waals surface area (Å²) in [4.78, 5) is 24.5. The Bertz CT molecular complexity index is 1290. The van der Waals surface area contributed by atoms with E-state index in [9.17, 15) is 9.18 Å². The van der Waals surface area contributed by atoms with Crippen LogP contribution in [0.15, 0.2) is 54.0 Å². The summed E-state index contributed by atoms with van der Waals surface area (Å²) in [5.74, 6) is 1.28. The smallest absolute Gasteiger partial charge is 0.251 e. The first-order valence-electron chi connectivity index (χ1n) is 11.4. The molecule has 2 aromatic heterocycles. The number of amides is 1. The van der Waals surface area contributed by atoms with Crippen molar-refractivity contribution >= 4 is 28.1 Å². The number of hydrogen-bond acceptors (Lipinski definition) is 6. The normalized spacial score (nSPS) is 11.8. The lowest BCUT2D eigenvalue weighted by atomic mass is 10.0. The Kier molecular flexibility index (Phi) is 7.77. The molecule has 35 heavy (non-hydrogen) atoms. The molecule has 0 aliphatic heterocycles. The SMILES string of the molecule is COc1cc(Nc2nc(C[C@@H](C)CCNC(=O)c3ccc(F)cc3)cs2)ccc1-c1ncc(C)[nH]1. The first kappa shape index (κ1) is 24.4. The van der Waals surface area contributed by atoms with E-state index >= 15 is 0 Å². The van der Waals surface area contributed by atoms with E-state index in [0.717, 1.165) is 52.2 Å². The van der Waals surface area contributed by atoms with Gasteiger partial charge in [-0.2, -0.15) is 0 Å². The highest BCUT2D eigenvalue weighted by Crippen LogP contribution is 2.32. The predicted octanol–water partition coefficient (Wildman–Crippen LogP) is 5.73. The number of benzene rings is 2. The van der Waals surface area contributed by atoms with E-state index in [0.29, 0.717) is 18.0 Å². The highest BCUT2D eigenvalue weighted by molar-refractivity contribution is 7.13. The molecule has 0 unspecified atom stereocenters. The van der Waals surface area contributed by atoms with E-state index in [1.54, 1.807) is 24.6 Å². The number of halogens is 1. The lowest BCUT2D eigenvalue weighted by Gasteiger charge is -2.11. The molecule has 0 fully saturated rings. The Labute approximate surface area is 207 Å². The lowest BCUT2D eigenvalue weighted by Crippen LogP contribution is -2.25. The maximum absolute atomic E-state index is 13.0. The maximum Gasteiger partial charge on any atom is 0.251 e.